The van der Waals surface area contributed by atoms with E-state index in [1.165, 1.54) is 27.3 Å². The Morgan fingerprint density at radius 2 is 0.903 bits per heavy atom. The Hall–Kier alpha value is -7.92. The number of hydrogen-bond donors (Lipinski definition) is 0. The maximum absolute atomic E-state index is 7.33. The van der Waals surface area contributed by atoms with Crippen molar-refractivity contribution in [2.24, 2.45) is 0 Å². The van der Waals surface area contributed by atoms with Gasteiger partial charge in [-0.05, 0) is 111 Å². The van der Waals surface area contributed by atoms with Crippen molar-refractivity contribution < 1.29 is 4.42 Å². The Labute approximate surface area is 363 Å². The van der Waals surface area contributed by atoms with Crippen molar-refractivity contribution in [3.05, 3.63) is 231 Å². The van der Waals surface area contributed by atoms with Crippen LogP contribution in [-0.2, 0) is 0 Å². The fourth-order valence-electron chi connectivity index (χ4n) is 9.24. The molecule has 0 aliphatic rings. The lowest BCUT2D eigenvalue weighted by Crippen LogP contribution is -2.10. The van der Waals surface area contributed by atoms with Gasteiger partial charge in [-0.25, -0.2) is 0 Å². The number of anilines is 6. The molecule has 0 fully saturated rings. The number of furan rings is 1. The first-order chi connectivity index (χ1) is 30.8. The number of rotatable bonds is 8. The molecule has 0 saturated heterocycles. The molecule has 10 aromatic carbocycles. The molecule has 2 aromatic heterocycles. The van der Waals surface area contributed by atoms with Crippen LogP contribution in [0, 0.1) is 0 Å². The zero-order chi connectivity index (χ0) is 41.0. The number of benzene rings is 10. The Kier molecular flexibility index (Phi) is 8.68. The van der Waals surface area contributed by atoms with E-state index in [0.717, 1.165) is 82.0 Å². The quantitative estimate of drug-likeness (QED) is 0.152. The molecule has 0 N–H and O–H groups in total. The van der Waals surface area contributed by atoms with Gasteiger partial charge in [-0.3, -0.25) is 0 Å². The van der Waals surface area contributed by atoms with Gasteiger partial charge in [0, 0.05) is 44.0 Å². The van der Waals surface area contributed by atoms with Crippen LogP contribution >= 0.6 is 11.3 Å². The largest absolute Gasteiger partial charge is 0.455 e. The number of nitrogens with zero attached hydrogens (tertiary/aromatic N) is 2. The maximum Gasteiger partial charge on any atom is 0.145 e. The SMILES string of the molecule is c1ccc(N(c2cccc(-c3cccc4ccccc34)c2)c2ccc(-c3c4ccccc4cc4c3oc3c5ccccc5cc(N(c5ccccc5)c5ccccc5)c43)s2)cc1. The summed E-state index contributed by atoms with van der Waals surface area (Å²) in [6, 6.07) is 82.6. The number of hydrogen-bond acceptors (Lipinski definition) is 4. The molecular weight excluding hydrogens is 773 g/mol. The van der Waals surface area contributed by atoms with Gasteiger partial charge in [-0.1, -0.05) is 158 Å². The normalized spacial score (nSPS) is 11.5. The van der Waals surface area contributed by atoms with Crippen LogP contribution < -0.4 is 9.80 Å². The molecule has 0 bridgehead atoms. The van der Waals surface area contributed by atoms with Gasteiger partial charge >= 0.3 is 0 Å². The molecular formula is C58H38N2OS. The van der Waals surface area contributed by atoms with E-state index in [-0.39, 0.29) is 0 Å². The highest BCUT2D eigenvalue weighted by Crippen LogP contribution is 2.51. The summed E-state index contributed by atoms with van der Waals surface area (Å²) in [5.41, 5.74) is 10.7. The Balaban J connectivity index is 1.09. The molecule has 0 atom stereocenters. The third-order valence-corrected chi connectivity index (χ3v) is 13.1. The van der Waals surface area contributed by atoms with E-state index in [1.54, 1.807) is 11.3 Å². The minimum atomic E-state index is 0.884. The van der Waals surface area contributed by atoms with Crippen LogP contribution in [0.5, 0.6) is 0 Å². The van der Waals surface area contributed by atoms with Crippen molar-refractivity contribution in [2.45, 2.75) is 0 Å². The number of fused-ring (bicyclic) bond motifs is 7. The first-order valence-corrected chi connectivity index (χ1v) is 21.8. The molecule has 0 aliphatic heterocycles. The molecule has 0 saturated carbocycles. The predicted octanol–water partition coefficient (Wildman–Crippen LogP) is 17.4. The molecule has 4 heteroatoms. The van der Waals surface area contributed by atoms with Crippen LogP contribution in [0.25, 0.3) is 75.8 Å². The summed E-state index contributed by atoms with van der Waals surface area (Å²) in [7, 11) is 0. The minimum absolute atomic E-state index is 0.884. The standard InChI is InChI=1S/C58H38N2OS/c1-4-23-43(24-5-1)59(44-25-6-2-7-26-44)52-38-42-20-12-15-32-50(42)57-55(52)51-37-41-19-11-14-31-49(41)56(58(51)61-57)53-34-35-54(62-53)60(45-27-8-3-9-28-45)46-29-16-22-40(36-46)48-33-17-21-39-18-10-13-30-47(39)48/h1-38H. The molecule has 292 valence electrons. The first-order valence-electron chi connectivity index (χ1n) is 21.0. The zero-order valence-electron chi connectivity index (χ0n) is 33.7. The molecule has 0 spiro atoms. The summed E-state index contributed by atoms with van der Waals surface area (Å²) in [6.07, 6.45) is 0. The summed E-state index contributed by atoms with van der Waals surface area (Å²) in [5, 5.41) is 10.3. The summed E-state index contributed by atoms with van der Waals surface area (Å²) in [4.78, 5) is 5.89. The van der Waals surface area contributed by atoms with Gasteiger partial charge in [-0.2, -0.15) is 0 Å². The Bertz CT molecular complexity index is 3550. The van der Waals surface area contributed by atoms with E-state index >= 15 is 0 Å². The Morgan fingerprint density at radius 1 is 0.355 bits per heavy atom. The topological polar surface area (TPSA) is 19.6 Å². The van der Waals surface area contributed by atoms with Crippen LogP contribution in [0.2, 0.25) is 0 Å². The lowest BCUT2D eigenvalue weighted by molar-refractivity contribution is 0.674. The van der Waals surface area contributed by atoms with Crippen LogP contribution in [-0.4, -0.2) is 0 Å². The van der Waals surface area contributed by atoms with E-state index < -0.39 is 0 Å². The molecule has 62 heavy (non-hydrogen) atoms. The van der Waals surface area contributed by atoms with Gasteiger partial charge in [0.2, 0.25) is 0 Å². The molecule has 12 rings (SSSR count). The van der Waals surface area contributed by atoms with E-state index in [4.69, 9.17) is 4.42 Å². The van der Waals surface area contributed by atoms with Crippen molar-refractivity contribution in [3.8, 4) is 21.6 Å². The summed E-state index contributed by atoms with van der Waals surface area (Å²) < 4.78 is 7.33. The lowest BCUT2D eigenvalue weighted by atomic mass is 9.97. The second-order valence-electron chi connectivity index (χ2n) is 15.7. The first kappa shape index (κ1) is 36.0. The molecule has 3 nitrogen and oxygen atoms in total. The monoisotopic (exact) mass is 810 g/mol. The van der Waals surface area contributed by atoms with Crippen LogP contribution in [0.3, 0.4) is 0 Å². The summed E-state index contributed by atoms with van der Waals surface area (Å²) in [5.74, 6) is 0. The zero-order valence-corrected chi connectivity index (χ0v) is 34.5. The molecule has 0 unspecified atom stereocenters. The van der Waals surface area contributed by atoms with Crippen molar-refractivity contribution in [3.63, 3.8) is 0 Å². The molecule has 0 amide bonds. The molecule has 2 heterocycles. The van der Waals surface area contributed by atoms with Gasteiger partial charge in [0.25, 0.3) is 0 Å². The molecule has 0 aliphatic carbocycles. The fraction of sp³-hybridized carbons (Fsp3) is 0. The van der Waals surface area contributed by atoms with Crippen LogP contribution in [0.4, 0.5) is 33.4 Å². The predicted molar refractivity (Wildman–Crippen MR) is 264 cm³/mol. The van der Waals surface area contributed by atoms with Gasteiger partial charge in [0.1, 0.15) is 16.2 Å². The highest BCUT2D eigenvalue weighted by Gasteiger charge is 2.26. The van der Waals surface area contributed by atoms with Crippen LogP contribution in [0.15, 0.2) is 235 Å². The van der Waals surface area contributed by atoms with Crippen molar-refractivity contribution in [1.29, 1.82) is 0 Å². The van der Waals surface area contributed by atoms with Gasteiger partial charge in [0.05, 0.1) is 11.1 Å². The number of para-hydroxylation sites is 3. The van der Waals surface area contributed by atoms with Gasteiger partial charge < -0.3 is 14.2 Å². The van der Waals surface area contributed by atoms with E-state index in [0.29, 0.717) is 0 Å². The third kappa shape index (κ3) is 6.03. The van der Waals surface area contributed by atoms with Crippen LogP contribution in [0.1, 0.15) is 0 Å². The molecule has 0 radical (unpaired) electrons. The van der Waals surface area contributed by atoms with Gasteiger partial charge in [0.15, 0.2) is 0 Å². The van der Waals surface area contributed by atoms with Crippen molar-refractivity contribution in [2.75, 3.05) is 9.80 Å². The third-order valence-electron chi connectivity index (χ3n) is 12.0. The second-order valence-corrected chi connectivity index (χ2v) is 16.7. The summed E-state index contributed by atoms with van der Waals surface area (Å²) in [6.45, 7) is 0. The summed E-state index contributed by atoms with van der Waals surface area (Å²) >= 11 is 1.79. The number of thiophene rings is 1. The Morgan fingerprint density at radius 3 is 1.61 bits per heavy atom. The fourth-order valence-corrected chi connectivity index (χ4v) is 10.3. The lowest BCUT2D eigenvalue weighted by Gasteiger charge is -2.26. The average molecular weight is 811 g/mol. The maximum atomic E-state index is 7.33. The van der Waals surface area contributed by atoms with E-state index in [9.17, 15) is 0 Å². The highest BCUT2D eigenvalue weighted by atomic mass is 32.1. The van der Waals surface area contributed by atoms with E-state index in [1.807, 2.05) is 0 Å². The average Bonchev–Trinajstić information content (AvgIpc) is 3.97. The van der Waals surface area contributed by atoms with Gasteiger partial charge in [-0.15, -0.1) is 11.3 Å². The highest BCUT2D eigenvalue weighted by molar-refractivity contribution is 7.19. The van der Waals surface area contributed by atoms with Crippen molar-refractivity contribution >= 4 is 99.0 Å². The van der Waals surface area contributed by atoms with Crippen molar-refractivity contribution in [1.82, 2.24) is 0 Å². The van der Waals surface area contributed by atoms with E-state index in [2.05, 4.69) is 240 Å². The second kappa shape index (κ2) is 15.0. The smallest absolute Gasteiger partial charge is 0.145 e. The minimum Gasteiger partial charge on any atom is -0.455 e. The molecule has 12 aromatic rings.